The summed E-state index contributed by atoms with van der Waals surface area (Å²) in [6.45, 7) is 8.67. The Morgan fingerprint density at radius 2 is 1.08 bits per heavy atom. The quantitative estimate of drug-likeness (QED) is 0.217. The first-order valence-corrected chi connectivity index (χ1v) is 16.3. The minimum absolute atomic E-state index is 0.324. The van der Waals surface area contributed by atoms with E-state index in [1.807, 2.05) is 0 Å². The summed E-state index contributed by atoms with van der Waals surface area (Å²) in [6, 6.07) is 17.1. The molecule has 0 radical (unpaired) electrons. The van der Waals surface area contributed by atoms with Crippen molar-refractivity contribution in [1.29, 1.82) is 0 Å². The Balaban J connectivity index is 1.34. The number of anilines is 2. The molecule has 0 bridgehead atoms. The van der Waals surface area contributed by atoms with Crippen LogP contribution in [0.4, 0.5) is 11.4 Å². The van der Waals surface area contributed by atoms with Crippen molar-refractivity contribution >= 4 is 65.2 Å². The van der Waals surface area contributed by atoms with Crippen LogP contribution >= 0.6 is 45.1 Å². The molecule has 0 fully saturated rings. The Hall–Kier alpha value is -1.62. The Kier molecular flexibility index (Phi) is 9.71. The number of hydrogen-bond acceptors (Lipinski definition) is 10. The zero-order valence-electron chi connectivity index (χ0n) is 21.4. The molecule has 0 saturated heterocycles. The van der Waals surface area contributed by atoms with Gasteiger partial charge in [-0.3, -0.25) is 10.9 Å². The molecule has 6 nitrogen and oxygen atoms in total. The van der Waals surface area contributed by atoms with Crippen molar-refractivity contribution in [3.05, 3.63) is 59.7 Å². The van der Waals surface area contributed by atoms with E-state index in [0.717, 1.165) is 58.7 Å². The Morgan fingerprint density at radius 3 is 1.44 bits per heavy atom. The number of benzene rings is 2. The van der Waals surface area contributed by atoms with Crippen molar-refractivity contribution in [1.82, 2.24) is 10.9 Å². The number of hydrazone groups is 2. The smallest absolute Gasteiger partial charge is 0.178 e. The van der Waals surface area contributed by atoms with E-state index < -0.39 is 0 Å². The molecule has 4 rings (SSSR count). The van der Waals surface area contributed by atoms with Gasteiger partial charge in [-0.05, 0) is 96.1 Å². The maximum Gasteiger partial charge on any atom is 0.178 e. The topological polar surface area (TPSA) is 72.8 Å². The van der Waals surface area contributed by atoms with Gasteiger partial charge in [0.05, 0.1) is 0 Å². The van der Waals surface area contributed by atoms with Crippen LogP contribution in [0.15, 0.2) is 58.7 Å². The van der Waals surface area contributed by atoms with Crippen molar-refractivity contribution in [3.63, 3.8) is 0 Å². The number of aryl methyl sites for hydroxylation is 2. The monoisotopic (exact) mass is 560 g/mol. The van der Waals surface area contributed by atoms with Crippen LogP contribution in [0.3, 0.4) is 0 Å². The van der Waals surface area contributed by atoms with Gasteiger partial charge in [-0.25, -0.2) is 0 Å². The predicted molar refractivity (Wildman–Crippen MR) is 166 cm³/mol. The van der Waals surface area contributed by atoms with Crippen molar-refractivity contribution in [2.75, 3.05) is 10.6 Å². The minimum atomic E-state index is -0.324. The van der Waals surface area contributed by atoms with E-state index in [1.165, 1.54) is 11.1 Å². The molecule has 2 aromatic carbocycles. The zero-order chi connectivity index (χ0) is 25.4. The summed E-state index contributed by atoms with van der Waals surface area (Å²) in [5, 5.41) is 16.8. The molecule has 2 aliphatic heterocycles. The summed E-state index contributed by atoms with van der Waals surface area (Å²) in [7, 11) is 3.34. The van der Waals surface area contributed by atoms with Crippen molar-refractivity contribution in [2.24, 2.45) is 10.2 Å². The van der Waals surface area contributed by atoms with Gasteiger partial charge in [0.15, 0.2) is 18.7 Å². The zero-order valence-corrected chi connectivity index (χ0v) is 24.7. The van der Waals surface area contributed by atoms with Gasteiger partial charge in [0.1, 0.15) is 0 Å². The van der Waals surface area contributed by atoms with Crippen LogP contribution in [0, 0.1) is 13.8 Å². The second kappa shape index (κ2) is 12.8. The van der Waals surface area contributed by atoms with Gasteiger partial charge in [-0.15, -0.1) is 0 Å². The van der Waals surface area contributed by atoms with Gasteiger partial charge in [0.2, 0.25) is 0 Å². The maximum absolute atomic E-state index is 4.69. The second-order valence-corrected chi connectivity index (χ2v) is 14.4. The van der Waals surface area contributed by atoms with E-state index in [4.69, 9.17) is 0 Å². The summed E-state index contributed by atoms with van der Waals surface area (Å²) >= 11 is 3.54. The normalized spacial score (nSPS) is 23.0. The van der Waals surface area contributed by atoms with Crippen LogP contribution < -0.4 is 21.5 Å². The van der Waals surface area contributed by atoms with E-state index in [2.05, 4.69) is 108 Å². The highest BCUT2D eigenvalue weighted by molar-refractivity contribution is 8.93. The molecule has 4 N–H and O–H groups in total. The fraction of sp³-hybridized carbons (Fsp3) is 0.462. The number of hydrogen-bond donors (Lipinski definition) is 4. The molecule has 194 valence electrons. The highest BCUT2D eigenvalue weighted by Crippen LogP contribution is 2.46. The number of rotatable bonds is 10. The number of nitrogens with one attached hydrogen (secondary N) is 4. The summed E-state index contributed by atoms with van der Waals surface area (Å²) < 4.78 is 2.02. The molecule has 2 atom stereocenters. The molecular formula is C26H36N6S4. The third-order valence-electron chi connectivity index (χ3n) is 5.92. The molecule has 0 spiro atoms. The SMILES string of the molecule is CCCCC1(Nc2ccc(C)cc2)NN=C(SSC2=NNC(CCCC)(Nc3ccc(C)cc3)S2)S1. The van der Waals surface area contributed by atoms with Gasteiger partial charge in [0, 0.05) is 24.2 Å². The van der Waals surface area contributed by atoms with Crippen LogP contribution in [0.25, 0.3) is 0 Å². The Labute approximate surface area is 231 Å². The first kappa shape index (κ1) is 27.4. The number of thioether (sulfide) groups is 2. The van der Waals surface area contributed by atoms with Crippen LogP contribution in [-0.4, -0.2) is 18.7 Å². The lowest BCUT2D eigenvalue weighted by atomic mass is 10.2. The molecular weight excluding hydrogens is 525 g/mol. The van der Waals surface area contributed by atoms with Crippen LogP contribution in [0.5, 0.6) is 0 Å². The number of nitrogens with zero attached hydrogens (tertiary/aromatic N) is 2. The van der Waals surface area contributed by atoms with E-state index in [1.54, 1.807) is 45.1 Å². The van der Waals surface area contributed by atoms with Gasteiger partial charge >= 0.3 is 0 Å². The lowest BCUT2D eigenvalue weighted by Crippen LogP contribution is -2.43. The molecule has 0 saturated carbocycles. The van der Waals surface area contributed by atoms with Crippen LogP contribution in [0.2, 0.25) is 0 Å². The molecule has 0 aliphatic carbocycles. The lowest BCUT2D eigenvalue weighted by Gasteiger charge is -2.30. The van der Waals surface area contributed by atoms with Gasteiger partial charge < -0.3 is 10.6 Å². The van der Waals surface area contributed by atoms with Crippen LogP contribution in [-0.2, 0) is 0 Å². The summed E-state index contributed by atoms with van der Waals surface area (Å²) in [4.78, 5) is -0.649. The molecule has 0 aromatic heterocycles. The Bertz CT molecular complexity index is 974. The van der Waals surface area contributed by atoms with Gasteiger partial charge in [0.25, 0.3) is 0 Å². The highest BCUT2D eigenvalue weighted by atomic mass is 33.1. The molecule has 0 amide bonds. The maximum atomic E-state index is 4.69. The van der Waals surface area contributed by atoms with E-state index in [0.29, 0.717) is 0 Å². The van der Waals surface area contributed by atoms with Crippen molar-refractivity contribution in [2.45, 2.75) is 76.2 Å². The fourth-order valence-corrected chi connectivity index (χ4v) is 8.94. The average molecular weight is 561 g/mol. The first-order valence-electron chi connectivity index (χ1n) is 12.5. The fourth-order valence-electron chi connectivity index (χ4n) is 3.84. The highest BCUT2D eigenvalue weighted by Gasteiger charge is 2.40. The molecule has 2 aromatic rings. The molecule has 2 unspecified atom stereocenters. The van der Waals surface area contributed by atoms with E-state index >= 15 is 0 Å². The largest absolute Gasteiger partial charge is 0.353 e. The third kappa shape index (κ3) is 7.46. The minimum Gasteiger partial charge on any atom is -0.353 e. The number of unbranched alkanes of at least 4 members (excludes halogenated alkanes) is 2. The Morgan fingerprint density at radius 1 is 0.694 bits per heavy atom. The third-order valence-corrected chi connectivity index (χ3v) is 11.3. The van der Waals surface area contributed by atoms with Gasteiger partial charge in [-0.2, -0.15) is 10.2 Å². The average Bonchev–Trinajstić information content (AvgIpc) is 3.48. The molecule has 36 heavy (non-hydrogen) atoms. The van der Waals surface area contributed by atoms with E-state index in [-0.39, 0.29) is 9.99 Å². The summed E-state index contributed by atoms with van der Waals surface area (Å²) in [6.07, 6.45) is 6.50. The first-order chi connectivity index (χ1) is 17.4. The summed E-state index contributed by atoms with van der Waals surface area (Å²) in [5.74, 6) is 0. The molecule has 2 heterocycles. The van der Waals surface area contributed by atoms with Crippen molar-refractivity contribution in [3.8, 4) is 0 Å². The van der Waals surface area contributed by atoms with E-state index in [9.17, 15) is 0 Å². The predicted octanol–water partition coefficient (Wildman–Crippen LogP) is 8.11. The summed E-state index contributed by atoms with van der Waals surface area (Å²) in [5.41, 5.74) is 11.5. The van der Waals surface area contributed by atoms with Crippen LogP contribution in [0.1, 0.15) is 63.5 Å². The lowest BCUT2D eigenvalue weighted by molar-refractivity contribution is 0.489. The second-order valence-electron chi connectivity index (χ2n) is 9.19. The standard InChI is InChI=1S/C26H36N6S4/c1-5-7-17-25(27-21-13-9-19(3)10-14-21)31-29-23(33-25)35-36-24-30-32-26(34-24,18-8-6-2)28-22-15-11-20(4)12-16-22/h9-16,27-28,31-32H,5-8,17-18H2,1-4H3. The van der Waals surface area contributed by atoms with Crippen molar-refractivity contribution < 1.29 is 0 Å². The molecule has 10 heteroatoms. The molecule has 2 aliphatic rings. The van der Waals surface area contributed by atoms with Gasteiger partial charge in [-0.1, -0.05) is 62.1 Å².